The molecular formula is C39H43F2N7O8S. The molecule has 2 aromatic heterocycles. The first-order valence-electron chi connectivity index (χ1n) is 18.3. The molecule has 5 amide bonds. The Morgan fingerprint density at radius 3 is 2.53 bits per heavy atom. The second kappa shape index (κ2) is 19.2. The van der Waals surface area contributed by atoms with E-state index in [4.69, 9.17) is 9.47 Å². The van der Waals surface area contributed by atoms with Gasteiger partial charge in [-0.3, -0.25) is 28.9 Å². The van der Waals surface area contributed by atoms with Crippen molar-refractivity contribution in [1.82, 2.24) is 25.5 Å². The number of imide groups is 1. The first-order valence-corrected chi connectivity index (χ1v) is 20.4. The maximum atomic E-state index is 15.0. The fourth-order valence-electron chi connectivity index (χ4n) is 5.83. The van der Waals surface area contributed by atoms with E-state index < -0.39 is 45.1 Å². The van der Waals surface area contributed by atoms with Gasteiger partial charge in [-0.1, -0.05) is 19.4 Å². The Labute approximate surface area is 328 Å². The summed E-state index contributed by atoms with van der Waals surface area (Å²) in [7, 11) is -3.25. The second-order valence-electron chi connectivity index (χ2n) is 13.3. The van der Waals surface area contributed by atoms with Gasteiger partial charge in [0, 0.05) is 61.1 Å². The molecule has 5 rings (SSSR count). The monoisotopic (exact) mass is 807 g/mol. The van der Waals surface area contributed by atoms with Gasteiger partial charge in [-0.05, 0) is 56.0 Å². The molecule has 1 unspecified atom stereocenters. The van der Waals surface area contributed by atoms with Gasteiger partial charge in [0.15, 0.2) is 0 Å². The zero-order valence-corrected chi connectivity index (χ0v) is 32.5. The number of pyridine rings is 2. The normalized spacial score (nSPS) is 15.5. The van der Waals surface area contributed by atoms with Crippen LogP contribution in [-0.4, -0.2) is 80.7 Å². The lowest BCUT2D eigenvalue weighted by Gasteiger charge is -2.16. The Balaban J connectivity index is 1.21. The van der Waals surface area contributed by atoms with Crippen LogP contribution < -0.4 is 25.4 Å². The molecule has 0 spiro atoms. The van der Waals surface area contributed by atoms with E-state index in [-0.39, 0.29) is 78.3 Å². The van der Waals surface area contributed by atoms with Gasteiger partial charge in [-0.15, -0.1) is 0 Å². The summed E-state index contributed by atoms with van der Waals surface area (Å²) in [5.41, 5.74) is 0.807. The highest BCUT2D eigenvalue weighted by Gasteiger charge is 2.24. The summed E-state index contributed by atoms with van der Waals surface area (Å²) in [5, 5.41) is 8.07. The van der Waals surface area contributed by atoms with Crippen LogP contribution in [0.5, 0.6) is 11.6 Å². The van der Waals surface area contributed by atoms with Crippen LogP contribution in [0, 0.1) is 11.6 Å². The number of hydrogen-bond acceptors (Lipinski definition) is 11. The Morgan fingerprint density at radius 2 is 1.77 bits per heavy atom. The number of aromatic nitrogens is 2. The minimum absolute atomic E-state index is 0.0542. The highest BCUT2D eigenvalue weighted by atomic mass is 32.2. The zero-order valence-electron chi connectivity index (χ0n) is 31.6. The standard InChI is InChI=1S/C39H43F2N7O8S/c1-4-9-30(44-34(49)10-6-5-7-15-48-36(50)13-14-37(48)51)39(53)43-24(2)38(52)47-57(3,54)23-25-18-33-45-32-21-28(29(41)22-42-32)27-12-11-26(40)20-31(27)55-16-8-17-56-35(19-25)46-33/h9,11-14,18-22,24H,4-8,10,15-17,23H2,1-3H3,(H,43,53)(H,44,49)(H,42,45,46)/b30-9-/t24-,57?/m0/s1. The van der Waals surface area contributed by atoms with Gasteiger partial charge in [-0.2, -0.15) is 9.35 Å². The van der Waals surface area contributed by atoms with E-state index in [0.717, 1.165) is 11.1 Å². The quantitative estimate of drug-likeness (QED) is 0.121. The number of rotatable bonds is 13. The number of hydrogen-bond donors (Lipinski definition) is 3. The van der Waals surface area contributed by atoms with Crippen molar-refractivity contribution in [3.63, 3.8) is 0 Å². The molecule has 2 aliphatic heterocycles. The summed E-state index contributed by atoms with van der Waals surface area (Å²) in [6.07, 6.45) is 8.62. The number of fused-ring (bicyclic) bond motifs is 6. The average molecular weight is 808 g/mol. The fourth-order valence-corrected chi connectivity index (χ4v) is 7.22. The number of allylic oxidation sites excluding steroid dienone is 1. The summed E-state index contributed by atoms with van der Waals surface area (Å²) < 4.78 is 58.3. The van der Waals surface area contributed by atoms with Crippen LogP contribution in [0.1, 0.15) is 57.9 Å². The molecule has 0 saturated carbocycles. The molecule has 302 valence electrons. The number of amides is 5. The fraction of sp³-hybridized carbons (Fsp3) is 0.359. The number of carbonyl (C=O) groups excluding carboxylic acids is 5. The van der Waals surface area contributed by atoms with E-state index in [2.05, 4.69) is 30.3 Å². The third-order valence-electron chi connectivity index (χ3n) is 8.55. The Kier molecular flexibility index (Phi) is 14.2. The van der Waals surface area contributed by atoms with Crippen LogP contribution in [-0.2, 0) is 39.5 Å². The lowest BCUT2D eigenvalue weighted by atomic mass is 10.0. The number of nitrogens with zero attached hydrogens (tertiary/aromatic N) is 4. The van der Waals surface area contributed by atoms with Crippen molar-refractivity contribution in [3.8, 4) is 22.8 Å². The van der Waals surface area contributed by atoms with Gasteiger partial charge in [-0.25, -0.2) is 18.0 Å². The second-order valence-corrected chi connectivity index (χ2v) is 15.7. The van der Waals surface area contributed by atoms with Crippen molar-refractivity contribution in [2.45, 2.75) is 64.2 Å². The summed E-state index contributed by atoms with van der Waals surface area (Å²) in [6.45, 7) is 3.66. The molecule has 0 saturated heterocycles. The highest BCUT2D eigenvalue weighted by molar-refractivity contribution is 7.92. The van der Waals surface area contributed by atoms with Crippen molar-refractivity contribution in [2.75, 3.05) is 31.3 Å². The molecule has 2 aliphatic rings. The number of benzene rings is 1. The number of nitrogens with one attached hydrogen (secondary N) is 3. The van der Waals surface area contributed by atoms with Crippen molar-refractivity contribution >= 4 is 50.9 Å². The van der Waals surface area contributed by atoms with E-state index in [1.807, 2.05) is 0 Å². The molecule has 57 heavy (non-hydrogen) atoms. The third kappa shape index (κ3) is 12.0. The lowest BCUT2D eigenvalue weighted by Crippen LogP contribution is -2.42. The van der Waals surface area contributed by atoms with E-state index in [1.54, 1.807) is 13.0 Å². The summed E-state index contributed by atoms with van der Waals surface area (Å²) in [5.74, 6) is -3.45. The van der Waals surface area contributed by atoms with Crippen LogP contribution >= 0.6 is 0 Å². The topological polar surface area (TPSA) is 198 Å². The van der Waals surface area contributed by atoms with Crippen LogP contribution in [0.4, 0.5) is 20.4 Å². The summed E-state index contributed by atoms with van der Waals surface area (Å²) in [4.78, 5) is 71.9. The predicted molar refractivity (Wildman–Crippen MR) is 206 cm³/mol. The minimum atomic E-state index is -3.25. The van der Waals surface area contributed by atoms with Gasteiger partial charge in [0.2, 0.25) is 11.8 Å². The molecule has 4 heterocycles. The van der Waals surface area contributed by atoms with Crippen LogP contribution in [0.15, 0.2) is 70.9 Å². The lowest BCUT2D eigenvalue weighted by molar-refractivity contribution is -0.137. The van der Waals surface area contributed by atoms with E-state index in [9.17, 15) is 37.0 Å². The maximum Gasteiger partial charge on any atom is 0.276 e. The molecule has 18 heteroatoms. The zero-order chi connectivity index (χ0) is 41.1. The number of halogens is 2. The molecule has 0 radical (unpaired) electrons. The molecule has 15 nitrogen and oxygen atoms in total. The van der Waals surface area contributed by atoms with Crippen LogP contribution in [0.25, 0.3) is 11.1 Å². The number of unbranched alkanes of at least 4 members (excludes halogenated alkanes) is 2. The molecule has 3 N–H and O–H groups in total. The number of ether oxygens (including phenoxy) is 2. The smallest absolute Gasteiger partial charge is 0.276 e. The van der Waals surface area contributed by atoms with Gasteiger partial charge in [0.05, 0.1) is 34.9 Å². The molecule has 0 fully saturated rings. The van der Waals surface area contributed by atoms with Gasteiger partial charge < -0.3 is 25.4 Å². The SMILES string of the molecule is CC/C=C(\NC(=O)CCCCCN1C(=O)C=CC1=O)C(=O)N[C@@H](C)C(=O)N=S(C)(=O)Cc1cc2nc(c1)OCCCOc1cc(F)ccc1-c1cc(ncc1F)N2. The first kappa shape index (κ1) is 42.1. The number of carbonyl (C=O) groups is 5. The molecule has 4 bridgehead atoms. The highest BCUT2D eigenvalue weighted by Crippen LogP contribution is 2.34. The molecule has 1 aromatic carbocycles. The van der Waals surface area contributed by atoms with Crippen LogP contribution in [0.2, 0.25) is 0 Å². The van der Waals surface area contributed by atoms with Gasteiger partial charge in [0.1, 0.15) is 40.8 Å². The molecule has 0 aliphatic carbocycles. The Bertz CT molecular complexity index is 2220. The average Bonchev–Trinajstić information content (AvgIpc) is 3.47. The molecule has 3 aromatic rings. The van der Waals surface area contributed by atoms with Gasteiger partial charge in [0.25, 0.3) is 23.6 Å². The summed E-state index contributed by atoms with van der Waals surface area (Å²) in [6, 6.07) is 7.11. The van der Waals surface area contributed by atoms with Crippen molar-refractivity contribution in [2.24, 2.45) is 4.36 Å². The summed E-state index contributed by atoms with van der Waals surface area (Å²) >= 11 is 0. The largest absolute Gasteiger partial charge is 0.493 e. The maximum absolute atomic E-state index is 15.0. The minimum Gasteiger partial charge on any atom is -0.493 e. The van der Waals surface area contributed by atoms with E-state index in [1.165, 1.54) is 61.7 Å². The first-order chi connectivity index (χ1) is 27.2. The van der Waals surface area contributed by atoms with Crippen LogP contribution in [0.3, 0.4) is 0 Å². The van der Waals surface area contributed by atoms with E-state index >= 15 is 0 Å². The molecule has 2 atom stereocenters. The van der Waals surface area contributed by atoms with Crippen molar-refractivity contribution in [1.29, 1.82) is 0 Å². The Hall–Kier alpha value is -6.04. The number of anilines is 2. The van der Waals surface area contributed by atoms with Crippen molar-refractivity contribution < 1.29 is 46.4 Å². The van der Waals surface area contributed by atoms with Gasteiger partial charge >= 0.3 is 0 Å². The molecular weight excluding hydrogens is 765 g/mol. The Morgan fingerprint density at radius 1 is 1.02 bits per heavy atom. The van der Waals surface area contributed by atoms with E-state index in [0.29, 0.717) is 43.2 Å². The van der Waals surface area contributed by atoms with Crippen molar-refractivity contribution in [3.05, 3.63) is 83.7 Å². The third-order valence-corrected chi connectivity index (χ3v) is 9.99. The predicted octanol–water partition coefficient (Wildman–Crippen LogP) is 4.85.